The van der Waals surface area contributed by atoms with Gasteiger partial charge in [-0.3, -0.25) is 0 Å². The summed E-state index contributed by atoms with van der Waals surface area (Å²) in [7, 11) is 0. The van der Waals surface area contributed by atoms with Crippen LogP contribution in [0.3, 0.4) is 0 Å². The molecule has 1 fully saturated rings. The summed E-state index contributed by atoms with van der Waals surface area (Å²) in [6.07, 6.45) is 5.23. The van der Waals surface area contributed by atoms with Gasteiger partial charge in [0.25, 0.3) is 0 Å². The summed E-state index contributed by atoms with van der Waals surface area (Å²) in [5.74, 6) is 0. The molecule has 0 unspecified atom stereocenters. The van der Waals surface area contributed by atoms with Crippen LogP contribution in [0, 0.1) is 0 Å². The van der Waals surface area contributed by atoms with Crippen LogP contribution in [-0.2, 0) is 6.54 Å². The number of unbranched alkanes of at least 4 members (excludes halogenated alkanes) is 1. The van der Waals surface area contributed by atoms with E-state index in [-0.39, 0.29) is 0 Å². The molecular weight excluding hydrogens is 196 g/mol. The second kappa shape index (κ2) is 5.35. The van der Waals surface area contributed by atoms with Gasteiger partial charge in [0.2, 0.25) is 0 Å². The van der Waals surface area contributed by atoms with Crippen molar-refractivity contribution in [3.63, 3.8) is 0 Å². The fraction of sp³-hybridized carbons (Fsp3) is 0.571. The van der Waals surface area contributed by atoms with Gasteiger partial charge in [-0.2, -0.15) is 0 Å². The van der Waals surface area contributed by atoms with E-state index in [0.29, 0.717) is 6.54 Å². The third-order valence-electron chi connectivity index (χ3n) is 3.26. The normalized spacial score (nSPS) is 15.1. The van der Waals surface area contributed by atoms with Crippen LogP contribution in [0.1, 0.15) is 38.2 Å². The number of hydrogen-bond acceptors (Lipinski definition) is 2. The van der Waals surface area contributed by atoms with Gasteiger partial charge in [-0.05, 0) is 30.9 Å². The number of para-hydroxylation sites is 1. The zero-order chi connectivity index (χ0) is 11.4. The van der Waals surface area contributed by atoms with Crippen LogP contribution in [0.2, 0.25) is 0 Å². The molecule has 2 rings (SSSR count). The maximum atomic E-state index is 5.81. The third kappa shape index (κ3) is 2.56. The molecule has 1 aliphatic rings. The maximum Gasteiger partial charge on any atom is 0.0414 e. The van der Waals surface area contributed by atoms with Crippen molar-refractivity contribution in [1.82, 2.24) is 0 Å². The lowest BCUT2D eigenvalue weighted by atomic mass is 10.1. The van der Waals surface area contributed by atoms with Gasteiger partial charge in [0, 0.05) is 24.8 Å². The first-order valence-electron chi connectivity index (χ1n) is 6.41. The maximum absolute atomic E-state index is 5.81. The van der Waals surface area contributed by atoms with Gasteiger partial charge in [0.15, 0.2) is 0 Å². The Labute approximate surface area is 98.4 Å². The highest BCUT2D eigenvalue weighted by Gasteiger charge is 2.29. The van der Waals surface area contributed by atoms with Crippen LogP contribution < -0.4 is 10.6 Å². The van der Waals surface area contributed by atoms with Gasteiger partial charge < -0.3 is 10.6 Å². The summed E-state index contributed by atoms with van der Waals surface area (Å²) in [4.78, 5) is 2.56. The van der Waals surface area contributed by atoms with Gasteiger partial charge in [-0.1, -0.05) is 31.5 Å². The molecule has 0 saturated heterocycles. The summed E-state index contributed by atoms with van der Waals surface area (Å²) in [6.45, 7) is 4.07. The number of hydrogen-bond donors (Lipinski definition) is 1. The molecule has 1 aromatic carbocycles. The Morgan fingerprint density at radius 1 is 1.31 bits per heavy atom. The monoisotopic (exact) mass is 218 g/mol. The minimum atomic E-state index is 0.644. The number of anilines is 1. The highest BCUT2D eigenvalue weighted by atomic mass is 15.2. The molecule has 0 aromatic heterocycles. The highest BCUT2D eigenvalue weighted by molar-refractivity contribution is 5.55. The molecule has 88 valence electrons. The molecule has 2 heteroatoms. The first kappa shape index (κ1) is 11.5. The molecule has 0 bridgehead atoms. The fourth-order valence-corrected chi connectivity index (χ4v) is 2.18. The van der Waals surface area contributed by atoms with Crippen molar-refractivity contribution in [2.75, 3.05) is 11.4 Å². The summed E-state index contributed by atoms with van der Waals surface area (Å²) in [5.41, 5.74) is 8.46. The van der Waals surface area contributed by atoms with E-state index in [0.717, 1.165) is 6.04 Å². The summed E-state index contributed by atoms with van der Waals surface area (Å²) >= 11 is 0. The Balaban J connectivity index is 2.16. The van der Waals surface area contributed by atoms with Crippen molar-refractivity contribution >= 4 is 5.69 Å². The SMILES string of the molecule is CCCCN(c1ccccc1CN)C1CC1. The minimum absolute atomic E-state index is 0.644. The molecule has 0 amide bonds. The minimum Gasteiger partial charge on any atom is -0.368 e. The number of nitrogens with two attached hydrogens (primary N) is 1. The fourth-order valence-electron chi connectivity index (χ4n) is 2.18. The summed E-state index contributed by atoms with van der Waals surface area (Å²) < 4.78 is 0. The van der Waals surface area contributed by atoms with Crippen molar-refractivity contribution in [3.8, 4) is 0 Å². The van der Waals surface area contributed by atoms with Crippen molar-refractivity contribution in [2.45, 2.75) is 45.2 Å². The predicted octanol–water partition coefficient (Wildman–Crippen LogP) is 2.91. The van der Waals surface area contributed by atoms with E-state index in [9.17, 15) is 0 Å². The van der Waals surface area contributed by atoms with Gasteiger partial charge in [-0.25, -0.2) is 0 Å². The van der Waals surface area contributed by atoms with Crippen molar-refractivity contribution < 1.29 is 0 Å². The average Bonchev–Trinajstić information content (AvgIpc) is 3.14. The number of nitrogens with zero attached hydrogens (tertiary/aromatic N) is 1. The first-order valence-corrected chi connectivity index (χ1v) is 6.41. The van der Waals surface area contributed by atoms with Gasteiger partial charge in [0.05, 0.1) is 0 Å². The Morgan fingerprint density at radius 3 is 2.69 bits per heavy atom. The quantitative estimate of drug-likeness (QED) is 0.795. The third-order valence-corrected chi connectivity index (χ3v) is 3.26. The average molecular weight is 218 g/mol. The molecule has 1 saturated carbocycles. The Hall–Kier alpha value is -1.02. The van der Waals surface area contributed by atoms with Crippen LogP contribution in [-0.4, -0.2) is 12.6 Å². The lowest BCUT2D eigenvalue weighted by molar-refractivity contribution is 0.709. The van der Waals surface area contributed by atoms with E-state index in [2.05, 4.69) is 36.1 Å². The van der Waals surface area contributed by atoms with E-state index in [1.165, 1.54) is 43.5 Å². The predicted molar refractivity (Wildman–Crippen MR) is 69.6 cm³/mol. The Morgan fingerprint density at radius 2 is 2.06 bits per heavy atom. The molecule has 1 aliphatic carbocycles. The standard InChI is InChI=1S/C14H22N2/c1-2-3-10-16(13-8-9-13)14-7-5-4-6-12(14)11-15/h4-7,13H,2-3,8-11,15H2,1H3. The topological polar surface area (TPSA) is 29.3 Å². The highest BCUT2D eigenvalue weighted by Crippen LogP contribution is 2.33. The Kier molecular flexibility index (Phi) is 3.83. The van der Waals surface area contributed by atoms with Crippen LogP contribution in [0.15, 0.2) is 24.3 Å². The van der Waals surface area contributed by atoms with Crippen LogP contribution >= 0.6 is 0 Å². The lowest BCUT2D eigenvalue weighted by Crippen LogP contribution is -2.28. The molecule has 16 heavy (non-hydrogen) atoms. The smallest absolute Gasteiger partial charge is 0.0414 e. The molecule has 2 nitrogen and oxygen atoms in total. The first-order chi connectivity index (χ1) is 7.86. The van der Waals surface area contributed by atoms with E-state index in [1.807, 2.05) is 0 Å². The second-order valence-electron chi connectivity index (χ2n) is 4.61. The molecule has 0 heterocycles. The number of benzene rings is 1. The van der Waals surface area contributed by atoms with Crippen molar-refractivity contribution in [3.05, 3.63) is 29.8 Å². The molecule has 0 spiro atoms. The van der Waals surface area contributed by atoms with E-state index < -0.39 is 0 Å². The van der Waals surface area contributed by atoms with Crippen molar-refractivity contribution in [1.29, 1.82) is 0 Å². The molecule has 1 aromatic rings. The zero-order valence-electron chi connectivity index (χ0n) is 10.2. The van der Waals surface area contributed by atoms with Gasteiger partial charge in [-0.15, -0.1) is 0 Å². The largest absolute Gasteiger partial charge is 0.368 e. The van der Waals surface area contributed by atoms with E-state index >= 15 is 0 Å². The van der Waals surface area contributed by atoms with E-state index in [4.69, 9.17) is 5.73 Å². The van der Waals surface area contributed by atoms with Crippen molar-refractivity contribution in [2.24, 2.45) is 5.73 Å². The molecule has 0 aliphatic heterocycles. The molecule has 0 atom stereocenters. The molecular formula is C14H22N2. The van der Waals surface area contributed by atoms with Crippen LogP contribution in [0.5, 0.6) is 0 Å². The summed E-state index contributed by atoms with van der Waals surface area (Å²) in [5, 5.41) is 0. The summed E-state index contributed by atoms with van der Waals surface area (Å²) in [6, 6.07) is 9.35. The van der Waals surface area contributed by atoms with Crippen LogP contribution in [0.25, 0.3) is 0 Å². The molecule has 2 N–H and O–H groups in total. The van der Waals surface area contributed by atoms with Crippen LogP contribution in [0.4, 0.5) is 5.69 Å². The second-order valence-corrected chi connectivity index (χ2v) is 4.61. The Bertz CT molecular complexity index is 331. The van der Waals surface area contributed by atoms with Gasteiger partial charge >= 0.3 is 0 Å². The van der Waals surface area contributed by atoms with E-state index in [1.54, 1.807) is 0 Å². The number of rotatable bonds is 6. The molecule has 0 radical (unpaired) electrons. The lowest BCUT2D eigenvalue weighted by Gasteiger charge is -2.26. The zero-order valence-corrected chi connectivity index (χ0v) is 10.2. The van der Waals surface area contributed by atoms with Gasteiger partial charge in [0.1, 0.15) is 0 Å².